The van der Waals surface area contributed by atoms with Crippen molar-refractivity contribution in [3.63, 3.8) is 0 Å². The summed E-state index contributed by atoms with van der Waals surface area (Å²) in [6, 6.07) is 0. The third kappa shape index (κ3) is 7.06. The van der Waals surface area contributed by atoms with Gasteiger partial charge in [0.2, 0.25) is 0 Å². The number of esters is 1. The van der Waals surface area contributed by atoms with Crippen molar-refractivity contribution in [3.05, 3.63) is 24.8 Å². The molecule has 0 saturated heterocycles. The Labute approximate surface area is 73.9 Å². The summed E-state index contributed by atoms with van der Waals surface area (Å²) in [6.07, 6.45) is 4.11. The summed E-state index contributed by atoms with van der Waals surface area (Å²) < 4.78 is 4.79. The second-order valence-electron chi connectivity index (χ2n) is 2.79. The van der Waals surface area contributed by atoms with E-state index >= 15 is 0 Å². The minimum Gasteiger partial charge on any atom is -0.463 e. The van der Waals surface area contributed by atoms with Crippen LogP contribution in [0.1, 0.15) is 26.2 Å². The normalized spacial score (nSPS) is 9.08. The predicted molar refractivity (Wildman–Crippen MR) is 49.8 cm³/mol. The number of unbranched alkanes of at least 4 members (excludes halogenated alkanes) is 1. The molecule has 2 nitrogen and oxygen atoms in total. The van der Waals surface area contributed by atoms with E-state index in [1.54, 1.807) is 0 Å². The smallest absolute Gasteiger partial charge is 0.330 e. The summed E-state index contributed by atoms with van der Waals surface area (Å²) in [5.41, 5.74) is 1.17. The third-order valence-corrected chi connectivity index (χ3v) is 1.41. The van der Waals surface area contributed by atoms with Crippen LogP contribution in [0.3, 0.4) is 0 Å². The lowest BCUT2D eigenvalue weighted by molar-refractivity contribution is -0.137. The molecule has 0 radical (unpaired) electrons. The number of allylic oxidation sites excluding steroid dienone is 1. The zero-order valence-electron chi connectivity index (χ0n) is 7.64. The van der Waals surface area contributed by atoms with Crippen molar-refractivity contribution in [1.29, 1.82) is 0 Å². The Kier molecular flexibility index (Phi) is 6.07. The molecule has 0 bridgehead atoms. The highest BCUT2D eigenvalue weighted by molar-refractivity contribution is 5.81. The minimum atomic E-state index is -0.342. The van der Waals surface area contributed by atoms with Crippen LogP contribution in [-0.2, 0) is 9.53 Å². The van der Waals surface area contributed by atoms with Gasteiger partial charge in [0.15, 0.2) is 0 Å². The average Bonchev–Trinajstić information content (AvgIpc) is 2.03. The van der Waals surface area contributed by atoms with Gasteiger partial charge in [-0.2, -0.15) is 0 Å². The van der Waals surface area contributed by atoms with Crippen molar-refractivity contribution in [2.75, 3.05) is 6.61 Å². The number of carbonyl (C=O) groups is 1. The molecule has 0 amide bonds. The van der Waals surface area contributed by atoms with Gasteiger partial charge in [-0.15, -0.1) is 6.58 Å². The van der Waals surface area contributed by atoms with Crippen LogP contribution in [0.15, 0.2) is 24.8 Å². The molecule has 0 saturated carbocycles. The molecule has 0 aliphatic carbocycles. The number of ether oxygens (including phenoxy) is 1. The molecular formula is C10H16O2. The van der Waals surface area contributed by atoms with Gasteiger partial charge in [-0.1, -0.05) is 12.2 Å². The molecule has 0 aromatic rings. The molecule has 0 heterocycles. The molecule has 12 heavy (non-hydrogen) atoms. The fraction of sp³-hybridized carbons (Fsp3) is 0.500. The Morgan fingerprint density at radius 3 is 2.67 bits per heavy atom. The lowest BCUT2D eigenvalue weighted by Crippen LogP contribution is -2.01. The zero-order chi connectivity index (χ0) is 9.40. The first-order valence-electron chi connectivity index (χ1n) is 4.10. The summed E-state index contributed by atoms with van der Waals surface area (Å²) >= 11 is 0. The summed E-state index contributed by atoms with van der Waals surface area (Å²) in [7, 11) is 0. The van der Waals surface area contributed by atoms with Crippen LogP contribution < -0.4 is 0 Å². The van der Waals surface area contributed by atoms with Crippen LogP contribution >= 0.6 is 0 Å². The van der Waals surface area contributed by atoms with Crippen LogP contribution in [-0.4, -0.2) is 12.6 Å². The standard InChI is InChI=1S/C10H16O2/c1-4-10(11)12-8-6-5-7-9(2)3/h4H,1-2,5-8H2,3H3. The van der Waals surface area contributed by atoms with Gasteiger partial charge in [-0.3, -0.25) is 0 Å². The van der Waals surface area contributed by atoms with E-state index in [0.29, 0.717) is 6.61 Å². The van der Waals surface area contributed by atoms with Crippen LogP contribution in [0.2, 0.25) is 0 Å². The molecule has 0 aliphatic heterocycles. The van der Waals surface area contributed by atoms with Gasteiger partial charge in [0.25, 0.3) is 0 Å². The second-order valence-corrected chi connectivity index (χ2v) is 2.79. The van der Waals surface area contributed by atoms with Crippen molar-refractivity contribution in [2.24, 2.45) is 0 Å². The Bertz CT molecular complexity index is 171. The van der Waals surface area contributed by atoms with Crippen molar-refractivity contribution < 1.29 is 9.53 Å². The quantitative estimate of drug-likeness (QED) is 0.263. The molecule has 0 spiro atoms. The van der Waals surface area contributed by atoms with E-state index in [1.165, 1.54) is 11.6 Å². The van der Waals surface area contributed by atoms with Gasteiger partial charge < -0.3 is 4.74 Å². The highest BCUT2D eigenvalue weighted by Gasteiger charge is 1.94. The van der Waals surface area contributed by atoms with E-state index in [9.17, 15) is 4.79 Å². The molecule has 0 fully saturated rings. The molecule has 0 aromatic carbocycles. The van der Waals surface area contributed by atoms with E-state index in [-0.39, 0.29) is 5.97 Å². The topological polar surface area (TPSA) is 26.3 Å². The summed E-state index contributed by atoms with van der Waals surface area (Å²) in [6.45, 7) is 9.56. The lowest BCUT2D eigenvalue weighted by atomic mass is 10.1. The van der Waals surface area contributed by atoms with Crippen LogP contribution in [0.5, 0.6) is 0 Å². The summed E-state index contributed by atoms with van der Waals surface area (Å²) in [4.78, 5) is 10.6. The molecule has 0 aliphatic rings. The molecule has 2 heteroatoms. The van der Waals surface area contributed by atoms with Crippen LogP contribution in [0, 0.1) is 0 Å². The van der Waals surface area contributed by atoms with Crippen molar-refractivity contribution in [2.45, 2.75) is 26.2 Å². The largest absolute Gasteiger partial charge is 0.463 e. The Morgan fingerprint density at radius 2 is 2.17 bits per heavy atom. The summed E-state index contributed by atoms with van der Waals surface area (Å²) in [5.74, 6) is -0.342. The third-order valence-electron chi connectivity index (χ3n) is 1.41. The first kappa shape index (κ1) is 11.0. The molecular weight excluding hydrogens is 152 g/mol. The fourth-order valence-corrected chi connectivity index (χ4v) is 0.761. The molecule has 0 unspecified atom stereocenters. The Hall–Kier alpha value is -1.05. The SMILES string of the molecule is C=CC(=O)OCCCCC(=C)C. The Balaban J connectivity index is 3.16. The molecule has 0 atom stereocenters. The van der Waals surface area contributed by atoms with E-state index in [2.05, 4.69) is 13.2 Å². The van der Waals surface area contributed by atoms with E-state index < -0.39 is 0 Å². The lowest BCUT2D eigenvalue weighted by Gasteiger charge is -2.01. The first-order valence-corrected chi connectivity index (χ1v) is 4.10. The van der Waals surface area contributed by atoms with Crippen LogP contribution in [0.25, 0.3) is 0 Å². The average molecular weight is 168 g/mol. The maximum atomic E-state index is 10.6. The summed E-state index contributed by atoms with van der Waals surface area (Å²) in [5, 5.41) is 0. The monoisotopic (exact) mass is 168 g/mol. The zero-order valence-corrected chi connectivity index (χ0v) is 7.64. The number of rotatable bonds is 6. The van der Waals surface area contributed by atoms with Gasteiger partial charge in [-0.25, -0.2) is 4.79 Å². The second kappa shape index (κ2) is 6.65. The van der Waals surface area contributed by atoms with E-state index in [4.69, 9.17) is 4.74 Å². The Morgan fingerprint density at radius 1 is 1.50 bits per heavy atom. The van der Waals surface area contributed by atoms with Crippen molar-refractivity contribution in [3.8, 4) is 0 Å². The maximum absolute atomic E-state index is 10.6. The number of hydrogen-bond acceptors (Lipinski definition) is 2. The van der Waals surface area contributed by atoms with Crippen molar-refractivity contribution in [1.82, 2.24) is 0 Å². The minimum absolute atomic E-state index is 0.342. The van der Waals surface area contributed by atoms with Crippen LogP contribution in [0.4, 0.5) is 0 Å². The van der Waals surface area contributed by atoms with Gasteiger partial charge in [-0.05, 0) is 26.2 Å². The number of carbonyl (C=O) groups excluding carboxylic acids is 1. The van der Waals surface area contributed by atoms with E-state index in [1.807, 2.05) is 6.92 Å². The fourth-order valence-electron chi connectivity index (χ4n) is 0.761. The highest BCUT2D eigenvalue weighted by atomic mass is 16.5. The molecule has 0 N–H and O–H groups in total. The van der Waals surface area contributed by atoms with Gasteiger partial charge in [0.1, 0.15) is 0 Å². The molecule has 68 valence electrons. The maximum Gasteiger partial charge on any atom is 0.330 e. The number of hydrogen-bond donors (Lipinski definition) is 0. The highest BCUT2D eigenvalue weighted by Crippen LogP contribution is 2.03. The van der Waals surface area contributed by atoms with E-state index in [0.717, 1.165) is 19.3 Å². The molecule has 0 aromatic heterocycles. The first-order chi connectivity index (χ1) is 5.66. The van der Waals surface area contributed by atoms with Gasteiger partial charge >= 0.3 is 5.97 Å². The predicted octanol–water partition coefficient (Wildman–Crippen LogP) is 2.46. The van der Waals surface area contributed by atoms with Crippen molar-refractivity contribution >= 4 is 5.97 Å². The van der Waals surface area contributed by atoms with Gasteiger partial charge in [0, 0.05) is 6.08 Å². The van der Waals surface area contributed by atoms with Gasteiger partial charge in [0.05, 0.1) is 6.61 Å². The molecule has 0 rings (SSSR count).